The van der Waals surface area contributed by atoms with Gasteiger partial charge in [0.2, 0.25) is 0 Å². The first-order chi connectivity index (χ1) is 10.9. The molecule has 4 aromatic rings. The molecule has 0 N–H and O–H groups in total. The second kappa shape index (κ2) is 3.39. The Morgan fingerprint density at radius 1 is 0.545 bits per heavy atom. The molecule has 0 aliphatic carbocycles. The van der Waals surface area contributed by atoms with Crippen LogP contribution in [0, 0.1) is 0 Å². The van der Waals surface area contributed by atoms with Crippen molar-refractivity contribution in [2.75, 3.05) is 0 Å². The van der Waals surface area contributed by atoms with Gasteiger partial charge >= 0.3 is 0 Å². The monoisotopic (exact) mass is 283 g/mol. The molecule has 0 bridgehead atoms. The van der Waals surface area contributed by atoms with E-state index in [1.165, 1.54) is 5.56 Å². The summed E-state index contributed by atoms with van der Waals surface area (Å²) in [5, 5.41) is 2.15. The van der Waals surface area contributed by atoms with Gasteiger partial charge in [-0.1, -0.05) is 18.2 Å². The maximum Gasteiger partial charge on any atom is 0.139 e. The summed E-state index contributed by atoms with van der Waals surface area (Å²) in [5.41, 5.74) is 7.57. The fourth-order valence-corrected chi connectivity index (χ4v) is 3.57. The summed E-state index contributed by atoms with van der Waals surface area (Å²) in [4.78, 5) is 4.78. The average Bonchev–Trinajstić information content (AvgIpc) is 2.55. The summed E-state index contributed by atoms with van der Waals surface area (Å²) in [5.74, 6) is 0. The molecule has 3 nitrogen and oxygen atoms in total. The molecule has 2 aliphatic heterocycles. The highest BCUT2D eigenvalue weighted by Gasteiger charge is 2.24. The van der Waals surface area contributed by atoms with E-state index in [0.717, 1.165) is 49.7 Å². The maximum atomic E-state index is 6.09. The zero-order chi connectivity index (χ0) is 14.3. The number of pyridine rings is 1. The van der Waals surface area contributed by atoms with Crippen LogP contribution in [0.4, 0.5) is 0 Å². The van der Waals surface area contributed by atoms with E-state index in [2.05, 4.69) is 0 Å². The van der Waals surface area contributed by atoms with Gasteiger partial charge in [-0.25, -0.2) is 4.98 Å². The summed E-state index contributed by atoms with van der Waals surface area (Å²) in [6.45, 7) is 0. The van der Waals surface area contributed by atoms with Crippen molar-refractivity contribution < 1.29 is 8.83 Å². The van der Waals surface area contributed by atoms with Crippen LogP contribution in [0.25, 0.3) is 55.3 Å². The lowest BCUT2D eigenvalue weighted by molar-refractivity contribution is 0.641. The molecule has 0 spiro atoms. The molecule has 22 heavy (non-hydrogen) atoms. The van der Waals surface area contributed by atoms with E-state index in [-0.39, 0.29) is 0 Å². The minimum atomic E-state index is 0.847. The molecule has 0 saturated heterocycles. The Morgan fingerprint density at radius 2 is 1.05 bits per heavy atom. The lowest BCUT2D eigenvalue weighted by Crippen LogP contribution is -1.96. The molecule has 0 saturated carbocycles. The van der Waals surface area contributed by atoms with Gasteiger partial charge in [0.1, 0.15) is 22.3 Å². The van der Waals surface area contributed by atoms with Crippen LogP contribution in [0.5, 0.6) is 0 Å². The molecule has 1 aromatic heterocycles. The molecule has 2 aliphatic rings. The summed E-state index contributed by atoms with van der Waals surface area (Å²) in [7, 11) is 0. The Morgan fingerprint density at radius 3 is 1.64 bits per heavy atom. The molecule has 102 valence electrons. The van der Waals surface area contributed by atoms with Gasteiger partial charge in [0, 0.05) is 5.56 Å². The van der Waals surface area contributed by atoms with Crippen molar-refractivity contribution >= 4 is 44.1 Å². The molecular weight excluding hydrogens is 274 g/mol. The Bertz CT molecular complexity index is 1180. The first-order valence-electron chi connectivity index (χ1n) is 7.25. The highest BCUT2D eigenvalue weighted by atomic mass is 16.3. The summed E-state index contributed by atoms with van der Waals surface area (Å²) < 4.78 is 12.2. The van der Waals surface area contributed by atoms with Gasteiger partial charge in [-0.2, -0.15) is 0 Å². The Kier molecular flexibility index (Phi) is 1.64. The fraction of sp³-hybridized carbons (Fsp3) is 0. The molecule has 0 atom stereocenters. The van der Waals surface area contributed by atoms with Gasteiger partial charge in [0.05, 0.1) is 27.4 Å². The lowest BCUT2D eigenvalue weighted by Gasteiger charge is -2.18. The third-order valence-electron chi connectivity index (χ3n) is 4.43. The van der Waals surface area contributed by atoms with Gasteiger partial charge in [-0.15, -0.1) is 0 Å². The van der Waals surface area contributed by atoms with Crippen LogP contribution in [-0.4, -0.2) is 4.98 Å². The molecule has 0 unspecified atom stereocenters. The van der Waals surface area contributed by atoms with Crippen LogP contribution in [0.3, 0.4) is 0 Å². The van der Waals surface area contributed by atoms with E-state index in [1.54, 1.807) is 0 Å². The Balaban J connectivity index is 2.15. The molecular formula is C19H9NO2. The number of aromatic nitrogens is 1. The molecule has 3 aromatic carbocycles. The predicted molar refractivity (Wildman–Crippen MR) is 86.6 cm³/mol. The first kappa shape index (κ1) is 10.6. The molecule has 0 radical (unpaired) electrons. The standard InChI is InChI=1S/C19H9NO2/c1-4-10-16-12(6-1)21-14-8-3-9-15-18(14)19(16)17-11(20-10)5-2-7-13(17)22-15/h1-9H. The fourth-order valence-electron chi connectivity index (χ4n) is 3.57. The van der Waals surface area contributed by atoms with E-state index < -0.39 is 0 Å². The van der Waals surface area contributed by atoms with Gasteiger partial charge in [0.15, 0.2) is 0 Å². The maximum absolute atomic E-state index is 6.09. The zero-order valence-electron chi connectivity index (χ0n) is 11.5. The smallest absolute Gasteiger partial charge is 0.139 e. The number of rotatable bonds is 0. The normalized spacial score (nSPS) is 12.5. The largest absolute Gasteiger partial charge is 0.456 e. The predicted octanol–water partition coefficient (Wildman–Crippen LogP) is 5.42. The second-order valence-corrected chi connectivity index (χ2v) is 5.62. The van der Waals surface area contributed by atoms with E-state index in [1.807, 2.05) is 54.6 Å². The van der Waals surface area contributed by atoms with Crippen LogP contribution < -0.4 is 0 Å². The molecule has 3 heterocycles. The van der Waals surface area contributed by atoms with E-state index in [9.17, 15) is 0 Å². The van der Waals surface area contributed by atoms with Crippen molar-refractivity contribution in [1.82, 2.24) is 4.98 Å². The van der Waals surface area contributed by atoms with E-state index in [0.29, 0.717) is 0 Å². The molecule has 3 heteroatoms. The average molecular weight is 283 g/mol. The third kappa shape index (κ3) is 1.08. The van der Waals surface area contributed by atoms with Crippen molar-refractivity contribution in [3.05, 3.63) is 54.6 Å². The summed E-state index contributed by atoms with van der Waals surface area (Å²) in [6, 6.07) is 18.0. The minimum Gasteiger partial charge on any atom is -0.456 e. The molecule has 6 rings (SSSR count). The quantitative estimate of drug-likeness (QED) is 0.276. The van der Waals surface area contributed by atoms with Gasteiger partial charge < -0.3 is 8.83 Å². The van der Waals surface area contributed by atoms with Crippen molar-refractivity contribution in [2.24, 2.45) is 0 Å². The van der Waals surface area contributed by atoms with Gasteiger partial charge in [-0.05, 0) is 36.4 Å². The first-order valence-corrected chi connectivity index (χ1v) is 7.25. The van der Waals surface area contributed by atoms with Gasteiger partial charge in [0.25, 0.3) is 0 Å². The minimum absolute atomic E-state index is 0.847. The van der Waals surface area contributed by atoms with E-state index in [4.69, 9.17) is 13.8 Å². The van der Waals surface area contributed by atoms with Crippen LogP contribution in [0.2, 0.25) is 0 Å². The molecule has 0 fully saturated rings. The third-order valence-corrected chi connectivity index (χ3v) is 4.43. The van der Waals surface area contributed by atoms with Crippen molar-refractivity contribution in [3.8, 4) is 11.1 Å². The highest BCUT2D eigenvalue weighted by molar-refractivity contribution is 6.23. The summed E-state index contributed by atoms with van der Waals surface area (Å²) >= 11 is 0. The van der Waals surface area contributed by atoms with Crippen LogP contribution in [0.1, 0.15) is 0 Å². The van der Waals surface area contributed by atoms with Crippen molar-refractivity contribution in [1.29, 1.82) is 0 Å². The van der Waals surface area contributed by atoms with Crippen molar-refractivity contribution in [3.63, 3.8) is 0 Å². The number of benzene rings is 3. The summed E-state index contributed by atoms with van der Waals surface area (Å²) in [6.07, 6.45) is 0. The topological polar surface area (TPSA) is 39.2 Å². The number of hydrogen-bond acceptors (Lipinski definition) is 3. The Labute approximate surface area is 124 Å². The highest BCUT2D eigenvalue weighted by Crippen LogP contribution is 2.47. The number of hydrogen-bond donors (Lipinski definition) is 0. The van der Waals surface area contributed by atoms with Crippen LogP contribution in [0.15, 0.2) is 63.4 Å². The van der Waals surface area contributed by atoms with Crippen LogP contribution in [-0.2, 0) is 0 Å². The van der Waals surface area contributed by atoms with Crippen molar-refractivity contribution in [2.45, 2.75) is 0 Å². The SMILES string of the molecule is c1cc2oc3cccc4nc5cccc6oc(c1)c2-c(c43)c56. The Hall–Kier alpha value is -3.07. The zero-order valence-corrected chi connectivity index (χ0v) is 11.5. The van der Waals surface area contributed by atoms with E-state index >= 15 is 0 Å². The lowest BCUT2D eigenvalue weighted by atomic mass is 9.93. The van der Waals surface area contributed by atoms with Crippen LogP contribution >= 0.6 is 0 Å². The molecule has 0 amide bonds. The second-order valence-electron chi connectivity index (χ2n) is 5.62. The number of nitrogens with zero attached hydrogens (tertiary/aromatic N) is 1. The van der Waals surface area contributed by atoms with Gasteiger partial charge in [-0.3, -0.25) is 0 Å².